The van der Waals surface area contributed by atoms with Crippen molar-refractivity contribution >= 4 is 22.0 Å². The quantitative estimate of drug-likeness (QED) is 0.366. The van der Waals surface area contributed by atoms with E-state index in [4.69, 9.17) is 13.7 Å². The Morgan fingerprint density at radius 2 is 2.04 bits per heavy atom. The van der Waals surface area contributed by atoms with Crippen molar-refractivity contribution in [3.63, 3.8) is 0 Å². The van der Waals surface area contributed by atoms with Crippen LogP contribution in [0.4, 0.5) is 0 Å². The molecule has 0 aromatic carbocycles. The number of hydrogen-bond donors (Lipinski definition) is 1. The maximum Gasteiger partial charge on any atom is 0.311 e. The second-order valence-electron chi connectivity index (χ2n) is 8.70. The molecule has 154 valence electrons. The summed E-state index contributed by atoms with van der Waals surface area (Å²) in [7, 11) is -3.53. The molecule has 0 aromatic rings. The van der Waals surface area contributed by atoms with Gasteiger partial charge in [-0.1, -0.05) is 13.8 Å². The smallest absolute Gasteiger partial charge is 0.311 e. The lowest BCUT2D eigenvalue weighted by Crippen LogP contribution is -2.43. The van der Waals surface area contributed by atoms with Gasteiger partial charge in [0.05, 0.1) is 23.3 Å². The number of carbonyl (C=O) groups excluding carboxylic acids is 2. The molecule has 3 rings (SSSR count). The van der Waals surface area contributed by atoms with Crippen LogP contribution in [0.5, 0.6) is 0 Å². The molecule has 27 heavy (non-hydrogen) atoms. The summed E-state index contributed by atoms with van der Waals surface area (Å²) in [5.74, 6) is -0.515. The summed E-state index contributed by atoms with van der Waals surface area (Å²) < 4.78 is 40.4. The molecular weight excluding hydrogens is 374 g/mol. The lowest BCUT2D eigenvalue weighted by Gasteiger charge is -2.30. The van der Waals surface area contributed by atoms with Gasteiger partial charge in [-0.05, 0) is 39.0 Å². The lowest BCUT2D eigenvalue weighted by molar-refractivity contribution is -0.154. The third-order valence-electron chi connectivity index (χ3n) is 6.45. The zero-order valence-electron chi connectivity index (χ0n) is 16.3. The zero-order chi connectivity index (χ0) is 20.0. The Bertz CT molecular complexity index is 719. The molecule has 0 aromatic heterocycles. The number of esters is 1. The van der Waals surface area contributed by atoms with E-state index in [1.807, 2.05) is 27.7 Å². The summed E-state index contributed by atoms with van der Waals surface area (Å²) in [5, 5.41) is 2.20. The minimum atomic E-state index is -3.53. The first-order chi connectivity index (χ1) is 12.5. The zero-order valence-corrected chi connectivity index (χ0v) is 17.1. The maximum absolute atomic E-state index is 12.1. The van der Waals surface area contributed by atoms with Crippen LogP contribution in [0.1, 0.15) is 47.0 Å². The van der Waals surface area contributed by atoms with Gasteiger partial charge in [0.25, 0.3) is 10.1 Å². The van der Waals surface area contributed by atoms with Crippen molar-refractivity contribution in [2.24, 2.45) is 16.7 Å². The standard InChI is InChI=1S/C18H29NO7S/c1-5-17(2,3)16(21)24-7-6-19-13(20)10-25-14-11-8-12-18(4,9-11)15(14)26-27(12,22)23/h11-12,14-15H,5-10H2,1-4H3,(H,19,20). The van der Waals surface area contributed by atoms with Crippen molar-refractivity contribution in [2.75, 3.05) is 19.8 Å². The molecule has 1 saturated heterocycles. The van der Waals surface area contributed by atoms with Crippen LogP contribution in [0.3, 0.4) is 0 Å². The minimum absolute atomic E-state index is 0.101. The number of rotatable bonds is 8. The number of carbonyl (C=O) groups is 2. The third kappa shape index (κ3) is 3.61. The predicted octanol–water partition coefficient (Wildman–Crippen LogP) is 0.994. The molecule has 2 saturated carbocycles. The van der Waals surface area contributed by atoms with E-state index in [1.165, 1.54) is 0 Å². The molecule has 1 amide bonds. The Morgan fingerprint density at radius 1 is 1.33 bits per heavy atom. The molecule has 3 aliphatic rings. The SMILES string of the molecule is CCC(C)(C)C(=O)OCCNC(=O)COC1C2CC3C(C)(C2)C1OS3(=O)=O. The molecule has 2 bridgehead atoms. The highest BCUT2D eigenvalue weighted by atomic mass is 32.2. The van der Waals surface area contributed by atoms with Crippen LogP contribution in [0, 0.1) is 16.7 Å². The first-order valence-electron chi connectivity index (χ1n) is 9.49. The molecule has 1 aliphatic heterocycles. The van der Waals surface area contributed by atoms with Gasteiger partial charge in [-0.15, -0.1) is 0 Å². The van der Waals surface area contributed by atoms with Crippen LogP contribution in [0.25, 0.3) is 0 Å². The molecule has 0 radical (unpaired) electrons. The summed E-state index contributed by atoms with van der Waals surface area (Å²) in [4.78, 5) is 23.8. The topological polar surface area (TPSA) is 108 Å². The maximum atomic E-state index is 12.1. The first kappa shape index (κ1) is 20.5. The highest BCUT2D eigenvalue weighted by Gasteiger charge is 2.71. The molecule has 5 atom stereocenters. The van der Waals surface area contributed by atoms with E-state index in [0.29, 0.717) is 12.8 Å². The number of nitrogens with one attached hydrogen (secondary N) is 1. The average molecular weight is 403 g/mol. The van der Waals surface area contributed by atoms with Gasteiger partial charge in [0.1, 0.15) is 19.3 Å². The van der Waals surface area contributed by atoms with Gasteiger partial charge in [-0.3, -0.25) is 13.8 Å². The summed E-state index contributed by atoms with van der Waals surface area (Å²) in [6, 6.07) is 0. The van der Waals surface area contributed by atoms with E-state index >= 15 is 0 Å². The highest BCUT2D eigenvalue weighted by Crippen LogP contribution is 2.62. The van der Waals surface area contributed by atoms with Crippen molar-refractivity contribution in [3.05, 3.63) is 0 Å². The lowest BCUT2D eigenvalue weighted by atomic mass is 9.82. The van der Waals surface area contributed by atoms with E-state index < -0.39 is 32.3 Å². The Balaban J connectivity index is 1.40. The summed E-state index contributed by atoms with van der Waals surface area (Å²) in [6.07, 6.45) is 1.07. The predicted molar refractivity (Wildman–Crippen MR) is 96.2 cm³/mol. The molecule has 1 N–H and O–H groups in total. The van der Waals surface area contributed by atoms with Crippen molar-refractivity contribution in [2.45, 2.75) is 64.4 Å². The van der Waals surface area contributed by atoms with Gasteiger partial charge in [0.15, 0.2) is 0 Å². The fourth-order valence-corrected chi connectivity index (χ4v) is 6.57. The van der Waals surface area contributed by atoms with Gasteiger partial charge >= 0.3 is 5.97 Å². The fraction of sp³-hybridized carbons (Fsp3) is 0.889. The van der Waals surface area contributed by atoms with Gasteiger partial charge in [0.2, 0.25) is 5.91 Å². The normalized spacial score (nSPS) is 36.0. The van der Waals surface area contributed by atoms with Crippen molar-refractivity contribution in [3.8, 4) is 0 Å². The van der Waals surface area contributed by atoms with E-state index in [9.17, 15) is 18.0 Å². The van der Waals surface area contributed by atoms with Gasteiger partial charge < -0.3 is 14.8 Å². The van der Waals surface area contributed by atoms with E-state index in [1.54, 1.807) is 0 Å². The monoisotopic (exact) mass is 403 g/mol. The largest absolute Gasteiger partial charge is 0.463 e. The third-order valence-corrected chi connectivity index (χ3v) is 8.36. The average Bonchev–Trinajstić information content (AvgIpc) is 3.10. The minimum Gasteiger partial charge on any atom is -0.463 e. The summed E-state index contributed by atoms with van der Waals surface area (Å²) >= 11 is 0. The Kier molecular flexibility index (Phi) is 5.33. The van der Waals surface area contributed by atoms with Crippen LogP contribution in [-0.2, 0) is 33.4 Å². The van der Waals surface area contributed by atoms with E-state index in [0.717, 1.165) is 6.42 Å². The van der Waals surface area contributed by atoms with Crippen LogP contribution in [0.15, 0.2) is 0 Å². The number of ether oxygens (including phenoxy) is 2. The van der Waals surface area contributed by atoms with Crippen molar-refractivity contribution in [1.29, 1.82) is 0 Å². The van der Waals surface area contributed by atoms with E-state index in [2.05, 4.69) is 5.32 Å². The molecule has 1 heterocycles. The Hall–Kier alpha value is -1.19. The summed E-state index contributed by atoms with van der Waals surface area (Å²) in [6.45, 7) is 7.61. The van der Waals surface area contributed by atoms with Gasteiger partial charge in [-0.2, -0.15) is 8.42 Å². The first-order valence-corrected chi connectivity index (χ1v) is 11.0. The van der Waals surface area contributed by atoms with Crippen molar-refractivity contribution < 1.29 is 31.7 Å². The number of amides is 1. The number of fused-ring (bicyclic) bond motifs is 1. The van der Waals surface area contributed by atoms with Crippen LogP contribution in [0.2, 0.25) is 0 Å². The number of hydrogen-bond acceptors (Lipinski definition) is 7. The second kappa shape index (κ2) is 7.00. The van der Waals surface area contributed by atoms with Crippen LogP contribution in [-0.4, -0.2) is 57.5 Å². The van der Waals surface area contributed by atoms with Crippen LogP contribution < -0.4 is 5.32 Å². The highest BCUT2D eigenvalue weighted by molar-refractivity contribution is 7.87. The molecule has 2 aliphatic carbocycles. The van der Waals surface area contributed by atoms with E-state index in [-0.39, 0.29) is 43.7 Å². The second-order valence-corrected chi connectivity index (χ2v) is 10.5. The molecule has 8 nitrogen and oxygen atoms in total. The van der Waals surface area contributed by atoms with Crippen molar-refractivity contribution in [1.82, 2.24) is 5.32 Å². The fourth-order valence-electron chi connectivity index (χ4n) is 4.44. The molecule has 5 unspecified atom stereocenters. The summed E-state index contributed by atoms with van der Waals surface area (Å²) in [5.41, 5.74) is -0.949. The molecule has 0 spiro atoms. The Morgan fingerprint density at radius 3 is 2.70 bits per heavy atom. The molecule has 9 heteroatoms. The van der Waals surface area contributed by atoms with Gasteiger partial charge in [-0.25, -0.2) is 0 Å². The molecule has 3 fully saturated rings. The Labute approximate surface area is 160 Å². The van der Waals surface area contributed by atoms with Crippen LogP contribution >= 0.6 is 0 Å². The molecular formula is C18H29NO7S. The van der Waals surface area contributed by atoms with Gasteiger partial charge in [0, 0.05) is 5.41 Å².